The normalized spacial score (nSPS) is 13.2. The van der Waals surface area contributed by atoms with Crippen molar-refractivity contribution < 1.29 is 5.11 Å². The van der Waals surface area contributed by atoms with Crippen molar-refractivity contribution in [2.75, 3.05) is 6.54 Å². The van der Waals surface area contributed by atoms with Crippen LogP contribution in [0.5, 0.6) is 0 Å². The molecule has 0 saturated heterocycles. The lowest BCUT2D eigenvalue weighted by Gasteiger charge is -2.06. The van der Waals surface area contributed by atoms with Crippen LogP contribution in [-0.4, -0.2) is 16.2 Å². The quantitative estimate of drug-likeness (QED) is 0.853. The van der Waals surface area contributed by atoms with Crippen molar-refractivity contribution in [3.05, 3.63) is 35.0 Å². The Morgan fingerprint density at radius 2 is 1.94 bits per heavy atom. The molecule has 92 valence electrons. The Balaban J connectivity index is 2.72. The number of nitrogens with two attached hydrogens (primary N) is 1. The van der Waals surface area contributed by atoms with Gasteiger partial charge in [0.25, 0.3) is 0 Å². The number of fused-ring (bicyclic) bond motifs is 1. The molecule has 0 aliphatic rings. The number of aryl methyl sites for hydroxylation is 2. The van der Waals surface area contributed by atoms with Gasteiger partial charge in [-0.1, -0.05) is 0 Å². The molecule has 3 nitrogen and oxygen atoms in total. The van der Waals surface area contributed by atoms with Gasteiger partial charge >= 0.3 is 0 Å². The van der Waals surface area contributed by atoms with E-state index in [1.165, 1.54) is 11.1 Å². The smallest absolute Gasteiger partial charge is 0.0782 e. The molecule has 1 aromatic heterocycles. The van der Waals surface area contributed by atoms with E-state index in [4.69, 9.17) is 5.73 Å². The summed E-state index contributed by atoms with van der Waals surface area (Å²) in [6.45, 7) is 7.40. The monoisotopic (exact) mass is 232 g/mol. The van der Waals surface area contributed by atoms with Gasteiger partial charge in [0.2, 0.25) is 0 Å². The number of nitrogens with zero attached hydrogens (tertiary/aromatic N) is 1. The second-order valence-electron chi connectivity index (χ2n) is 4.70. The Labute approximate surface area is 102 Å². The second kappa shape index (κ2) is 4.51. The number of hydrogen-bond donors (Lipinski definition) is 2. The average molecular weight is 232 g/mol. The molecule has 0 spiro atoms. The Hall–Kier alpha value is -1.32. The number of hydrogen-bond acceptors (Lipinski definition) is 2. The van der Waals surface area contributed by atoms with Gasteiger partial charge in [0, 0.05) is 35.8 Å². The summed E-state index contributed by atoms with van der Waals surface area (Å²) in [5.74, 6) is 0. The molecule has 3 N–H and O–H groups in total. The summed E-state index contributed by atoms with van der Waals surface area (Å²) in [5.41, 5.74) is 10.3. The third-order valence-corrected chi connectivity index (χ3v) is 3.35. The van der Waals surface area contributed by atoms with Gasteiger partial charge in [0.05, 0.1) is 6.10 Å². The van der Waals surface area contributed by atoms with Crippen LogP contribution in [0, 0.1) is 13.8 Å². The number of aromatic nitrogens is 1. The lowest BCUT2D eigenvalue weighted by molar-refractivity contribution is 0.200. The molecule has 0 bridgehead atoms. The molecule has 3 heteroatoms. The largest absolute Gasteiger partial charge is 0.389 e. The van der Waals surface area contributed by atoms with Crippen molar-refractivity contribution in [1.82, 2.24) is 4.57 Å². The van der Waals surface area contributed by atoms with Gasteiger partial charge in [-0.15, -0.1) is 0 Å². The molecule has 2 rings (SSSR count). The molecule has 1 heterocycles. The van der Waals surface area contributed by atoms with Crippen molar-refractivity contribution >= 4 is 10.9 Å². The van der Waals surface area contributed by atoms with Crippen LogP contribution in [-0.2, 0) is 6.54 Å². The number of aliphatic hydroxyl groups is 1. The maximum atomic E-state index is 9.82. The summed E-state index contributed by atoms with van der Waals surface area (Å²) in [6, 6.07) is 4.33. The summed E-state index contributed by atoms with van der Waals surface area (Å²) >= 11 is 0. The van der Waals surface area contributed by atoms with Crippen LogP contribution in [0.4, 0.5) is 0 Å². The molecule has 0 radical (unpaired) electrons. The van der Waals surface area contributed by atoms with E-state index in [9.17, 15) is 5.11 Å². The fraction of sp³-hybridized carbons (Fsp3) is 0.429. The molecule has 0 saturated carbocycles. The van der Waals surface area contributed by atoms with E-state index in [1.54, 1.807) is 6.92 Å². The van der Waals surface area contributed by atoms with Gasteiger partial charge in [-0.2, -0.15) is 0 Å². The van der Waals surface area contributed by atoms with Crippen molar-refractivity contribution in [1.29, 1.82) is 0 Å². The molecular formula is C14H20N2O. The first kappa shape index (κ1) is 12.1. The SMILES string of the molecule is Cc1cc2c(C(C)O)cn(CCN)c2cc1C. The zero-order chi connectivity index (χ0) is 12.6. The molecule has 0 fully saturated rings. The summed E-state index contributed by atoms with van der Waals surface area (Å²) < 4.78 is 2.13. The highest BCUT2D eigenvalue weighted by Gasteiger charge is 2.13. The minimum Gasteiger partial charge on any atom is -0.389 e. The molecule has 1 atom stereocenters. The highest BCUT2D eigenvalue weighted by atomic mass is 16.3. The van der Waals surface area contributed by atoms with Gasteiger partial charge in [0.1, 0.15) is 0 Å². The van der Waals surface area contributed by atoms with Crippen LogP contribution >= 0.6 is 0 Å². The van der Waals surface area contributed by atoms with Gasteiger partial charge in [0.15, 0.2) is 0 Å². The zero-order valence-electron chi connectivity index (χ0n) is 10.7. The summed E-state index contributed by atoms with van der Waals surface area (Å²) in [5, 5.41) is 11.0. The first-order chi connectivity index (χ1) is 8.04. The second-order valence-corrected chi connectivity index (χ2v) is 4.70. The van der Waals surface area contributed by atoms with E-state index in [0.29, 0.717) is 6.54 Å². The Morgan fingerprint density at radius 3 is 2.53 bits per heavy atom. The van der Waals surface area contributed by atoms with Crippen molar-refractivity contribution in [3.63, 3.8) is 0 Å². The minimum absolute atomic E-state index is 0.446. The Bertz CT molecular complexity index is 541. The molecule has 0 amide bonds. The highest BCUT2D eigenvalue weighted by molar-refractivity contribution is 5.86. The van der Waals surface area contributed by atoms with Gasteiger partial charge in [-0.25, -0.2) is 0 Å². The average Bonchev–Trinajstić information content (AvgIpc) is 2.59. The lowest BCUT2D eigenvalue weighted by Crippen LogP contribution is -2.08. The van der Waals surface area contributed by atoms with Crippen LogP contribution in [0.1, 0.15) is 29.7 Å². The maximum absolute atomic E-state index is 9.82. The highest BCUT2D eigenvalue weighted by Crippen LogP contribution is 2.28. The van der Waals surface area contributed by atoms with Gasteiger partial charge in [-0.3, -0.25) is 0 Å². The van der Waals surface area contributed by atoms with Gasteiger partial charge in [-0.05, 0) is 44.0 Å². The van der Waals surface area contributed by atoms with E-state index in [-0.39, 0.29) is 0 Å². The fourth-order valence-corrected chi connectivity index (χ4v) is 2.23. The minimum atomic E-state index is -0.446. The van der Waals surface area contributed by atoms with Crippen molar-refractivity contribution in [3.8, 4) is 0 Å². The number of benzene rings is 1. The molecule has 1 unspecified atom stereocenters. The van der Waals surface area contributed by atoms with Gasteiger partial charge < -0.3 is 15.4 Å². The van der Waals surface area contributed by atoms with E-state index in [2.05, 4.69) is 30.5 Å². The summed E-state index contributed by atoms with van der Waals surface area (Å²) in [7, 11) is 0. The number of rotatable bonds is 3. The van der Waals surface area contributed by atoms with E-state index >= 15 is 0 Å². The maximum Gasteiger partial charge on any atom is 0.0782 e. The van der Waals surface area contributed by atoms with Crippen LogP contribution in [0.3, 0.4) is 0 Å². The van der Waals surface area contributed by atoms with Crippen LogP contribution in [0.25, 0.3) is 10.9 Å². The lowest BCUT2D eigenvalue weighted by atomic mass is 10.0. The van der Waals surface area contributed by atoms with Crippen LogP contribution < -0.4 is 5.73 Å². The van der Waals surface area contributed by atoms with E-state index < -0.39 is 6.10 Å². The predicted molar refractivity (Wildman–Crippen MR) is 71.1 cm³/mol. The third kappa shape index (κ3) is 2.08. The molecule has 0 aliphatic carbocycles. The summed E-state index contributed by atoms with van der Waals surface area (Å²) in [6.07, 6.45) is 1.57. The molecule has 17 heavy (non-hydrogen) atoms. The first-order valence-corrected chi connectivity index (χ1v) is 6.02. The zero-order valence-corrected chi connectivity index (χ0v) is 10.7. The molecule has 1 aromatic carbocycles. The predicted octanol–water partition coefficient (Wildman–Crippen LogP) is 2.27. The van der Waals surface area contributed by atoms with E-state index in [0.717, 1.165) is 23.0 Å². The molecular weight excluding hydrogens is 212 g/mol. The Morgan fingerprint density at radius 1 is 1.29 bits per heavy atom. The van der Waals surface area contributed by atoms with E-state index in [1.807, 2.05) is 6.20 Å². The standard InChI is InChI=1S/C14H20N2O/c1-9-6-12-13(11(3)17)8-16(5-4-15)14(12)7-10(9)2/h6-8,11,17H,4-5,15H2,1-3H3. The summed E-state index contributed by atoms with van der Waals surface area (Å²) in [4.78, 5) is 0. The topological polar surface area (TPSA) is 51.2 Å². The Kier molecular flexibility index (Phi) is 3.22. The van der Waals surface area contributed by atoms with Crippen LogP contribution in [0.15, 0.2) is 18.3 Å². The first-order valence-electron chi connectivity index (χ1n) is 6.02. The van der Waals surface area contributed by atoms with Crippen LogP contribution in [0.2, 0.25) is 0 Å². The fourth-order valence-electron chi connectivity index (χ4n) is 2.23. The van der Waals surface area contributed by atoms with Crippen molar-refractivity contribution in [2.24, 2.45) is 5.73 Å². The molecule has 0 aliphatic heterocycles. The third-order valence-electron chi connectivity index (χ3n) is 3.35. The molecule has 2 aromatic rings. The van der Waals surface area contributed by atoms with Crippen molar-refractivity contribution in [2.45, 2.75) is 33.4 Å². The number of aliphatic hydroxyl groups excluding tert-OH is 1.